The van der Waals surface area contributed by atoms with Crippen molar-refractivity contribution in [1.82, 2.24) is 0 Å². The van der Waals surface area contributed by atoms with Gasteiger partial charge >= 0.3 is 5.97 Å². The molecule has 0 rings (SSSR count). The zero-order chi connectivity index (χ0) is 27.5. The molecule has 0 heterocycles. The second-order valence-corrected chi connectivity index (χ2v) is 10.5. The van der Waals surface area contributed by atoms with Gasteiger partial charge in [-0.25, -0.2) is 8.42 Å². The molecular formula is C26H53NO8S. The van der Waals surface area contributed by atoms with Crippen LogP contribution in [0.1, 0.15) is 96.8 Å². The molecule has 0 fully saturated rings. The lowest BCUT2D eigenvalue weighted by molar-refractivity contribution is -0.910. The highest BCUT2D eigenvalue weighted by Gasteiger charge is 2.20. The molecule has 0 spiro atoms. The lowest BCUT2D eigenvalue weighted by Crippen LogP contribution is -2.50. The summed E-state index contributed by atoms with van der Waals surface area (Å²) in [4.78, 5) is 11.8. The Balaban J connectivity index is 0. The van der Waals surface area contributed by atoms with Crippen molar-refractivity contribution in [3.63, 3.8) is 0 Å². The third kappa shape index (κ3) is 29.2. The molecule has 0 aromatic rings. The van der Waals surface area contributed by atoms with Gasteiger partial charge in [-0.15, -0.1) is 0 Å². The molecule has 0 aromatic carbocycles. The third-order valence-corrected chi connectivity index (χ3v) is 6.43. The smallest absolute Gasteiger partial charge is 0.305 e. The molecular weight excluding hydrogens is 486 g/mol. The molecule has 9 nitrogen and oxygen atoms in total. The van der Waals surface area contributed by atoms with E-state index < -0.39 is 10.4 Å². The lowest BCUT2D eigenvalue weighted by atomic mass is 10.1. The molecule has 0 radical (unpaired) electrons. The highest BCUT2D eigenvalue weighted by molar-refractivity contribution is 7.80. The molecule has 0 bridgehead atoms. The van der Waals surface area contributed by atoms with Crippen molar-refractivity contribution in [3.8, 4) is 0 Å². The molecule has 10 heteroatoms. The first-order chi connectivity index (χ1) is 17.1. The fraction of sp³-hybridized carbons (Fsp3) is 0.885. The summed E-state index contributed by atoms with van der Waals surface area (Å²) in [7, 11) is -1.64. The average molecular weight is 540 g/mol. The fourth-order valence-corrected chi connectivity index (χ4v) is 3.61. The molecule has 0 aliphatic rings. The van der Waals surface area contributed by atoms with Gasteiger partial charge in [0.2, 0.25) is 10.4 Å². The number of nitrogens with zero attached hydrogens (tertiary/aromatic N) is 1. The van der Waals surface area contributed by atoms with E-state index in [0.717, 1.165) is 20.0 Å². The van der Waals surface area contributed by atoms with E-state index in [2.05, 4.69) is 23.3 Å². The van der Waals surface area contributed by atoms with Gasteiger partial charge in [0.25, 0.3) is 0 Å². The zero-order valence-electron chi connectivity index (χ0n) is 23.0. The van der Waals surface area contributed by atoms with Crippen LogP contribution in [0, 0.1) is 0 Å². The molecule has 0 aliphatic carbocycles. The van der Waals surface area contributed by atoms with Crippen LogP contribution in [-0.4, -0.2) is 87.2 Å². The Morgan fingerprint density at radius 2 is 1.28 bits per heavy atom. The topological polar surface area (TPSA) is 133 Å². The number of allylic oxidation sites excluding steroid dienone is 2. The number of aliphatic hydroxyl groups excluding tert-OH is 2. The predicted molar refractivity (Wildman–Crippen MR) is 142 cm³/mol. The van der Waals surface area contributed by atoms with E-state index in [1.54, 1.807) is 0 Å². The first-order valence-electron chi connectivity index (χ1n) is 13.5. The zero-order valence-corrected chi connectivity index (χ0v) is 23.8. The minimum atomic E-state index is -4.41. The highest BCUT2D eigenvalue weighted by Crippen LogP contribution is 2.10. The van der Waals surface area contributed by atoms with Gasteiger partial charge in [-0.05, 0) is 32.1 Å². The summed E-state index contributed by atoms with van der Waals surface area (Å²) in [6, 6.07) is 0. The quantitative estimate of drug-likeness (QED) is 0.0495. The van der Waals surface area contributed by atoms with E-state index >= 15 is 0 Å². The van der Waals surface area contributed by atoms with Crippen LogP contribution in [0.4, 0.5) is 0 Å². The largest absolute Gasteiger partial charge is 0.726 e. The highest BCUT2D eigenvalue weighted by atomic mass is 32.3. The molecule has 0 saturated heterocycles. The molecule has 0 saturated carbocycles. The second-order valence-electron chi connectivity index (χ2n) is 9.37. The van der Waals surface area contributed by atoms with E-state index in [1.165, 1.54) is 70.6 Å². The number of aliphatic hydroxyl groups is 2. The lowest BCUT2D eigenvalue weighted by Gasteiger charge is -2.33. The van der Waals surface area contributed by atoms with Crippen molar-refractivity contribution in [2.45, 2.75) is 96.8 Å². The maximum Gasteiger partial charge on any atom is 0.305 e. The number of unbranched alkanes of at least 4 members (excludes halogenated alkanes) is 11. The molecule has 0 aliphatic heterocycles. The van der Waals surface area contributed by atoms with Crippen LogP contribution in [0.3, 0.4) is 0 Å². The van der Waals surface area contributed by atoms with Crippen LogP contribution in [0.25, 0.3) is 0 Å². The summed E-state index contributed by atoms with van der Waals surface area (Å²) >= 11 is 0. The van der Waals surface area contributed by atoms with Gasteiger partial charge in [-0.2, -0.15) is 0 Å². The molecule has 36 heavy (non-hydrogen) atoms. The van der Waals surface area contributed by atoms with Gasteiger partial charge in [-0.1, -0.05) is 70.4 Å². The van der Waals surface area contributed by atoms with Gasteiger partial charge in [-0.3, -0.25) is 8.98 Å². The van der Waals surface area contributed by atoms with Gasteiger partial charge < -0.3 is 24.0 Å². The summed E-state index contributed by atoms with van der Waals surface area (Å²) in [5.41, 5.74) is 0. The summed E-state index contributed by atoms with van der Waals surface area (Å²) < 4.78 is 36.9. The maximum absolute atomic E-state index is 11.8. The van der Waals surface area contributed by atoms with Crippen molar-refractivity contribution >= 4 is 16.4 Å². The SMILES string of the molecule is CCCCCCCC/C=C\CCCCCCCC(=O)OCC[N+](C)(CCO)CCO.COS(=O)(=O)[O-]. The number of quaternary nitrogens is 1. The van der Waals surface area contributed by atoms with Crippen molar-refractivity contribution in [1.29, 1.82) is 0 Å². The van der Waals surface area contributed by atoms with Gasteiger partial charge in [0, 0.05) is 6.42 Å². The number of rotatable bonds is 23. The summed E-state index contributed by atoms with van der Waals surface area (Å²) in [5.74, 6) is -0.132. The third-order valence-electron chi connectivity index (χ3n) is 6.02. The Bertz CT molecular complexity index is 619. The Labute approximate surface area is 220 Å². The molecule has 216 valence electrons. The minimum absolute atomic E-state index is 0.0688. The molecule has 0 atom stereocenters. The van der Waals surface area contributed by atoms with Crippen molar-refractivity contribution in [3.05, 3.63) is 12.2 Å². The summed E-state index contributed by atoms with van der Waals surface area (Å²) in [6.07, 6.45) is 21.4. The molecule has 2 N–H and O–H groups in total. The second kappa shape index (κ2) is 25.6. The number of hydrogen-bond donors (Lipinski definition) is 2. The van der Waals surface area contributed by atoms with Crippen LogP contribution in [0.2, 0.25) is 0 Å². The van der Waals surface area contributed by atoms with Crippen LogP contribution in [0.15, 0.2) is 12.2 Å². The normalized spacial score (nSPS) is 11.9. The Kier molecular flexibility index (Phi) is 26.4. The van der Waals surface area contributed by atoms with E-state index in [0.29, 0.717) is 37.1 Å². The number of hydrogen-bond acceptors (Lipinski definition) is 8. The first-order valence-corrected chi connectivity index (χ1v) is 14.8. The van der Waals surface area contributed by atoms with Gasteiger partial charge in [0.05, 0.1) is 27.4 Å². The van der Waals surface area contributed by atoms with Crippen LogP contribution in [0.5, 0.6) is 0 Å². The Morgan fingerprint density at radius 1 is 0.833 bits per heavy atom. The predicted octanol–water partition coefficient (Wildman–Crippen LogP) is 4.09. The number of carbonyl (C=O) groups excluding carboxylic acids is 1. The van der Waals surface area contributed by atoms with Crippen LogP contribution < -0.4 is 0 Å². The van der Waals surface area contributed by atoms with E-state index in [-0.39, 0.29) is 19.2 Å². The number of esters is 1. The van der Waals surface area contributed by atoms with E-state index in [4.69, 9.17) is 14.9 Å². The van der Waals surface area contributed by atoms with E-state index in [9.17, 15) is 17.8 Å². The number of carbonyl (C=O) groups is 1. The monoisotopic (exact) mass is 539 g/mol. The summed E-state index contributed by atoms with van der Waals surface area (Å²) in [5, 5.41) is 18.3. The Hall–Kier alpha value is -1.04. The fourth-order valence-electron chi connectivity index (χ4n) is 3.61. The minimum Gasteiger partial charge on any atom is -0.726 e. The van der Waals surface area contributed by atoms with Gasteiger partial charge in [0.15, 0.2) is 0 Å². The van der Waals surface area contributed by atoms with Gasteiger partial charge in [0.1, 0.15) is 26.2 Å². The van der Waals surface area contributed by atoms with E-state index in [1.807, 2.05) is 7.05 Å². The Morgan fingerprint density at radius 3 is 1.72 bits per heavy atom. The molecule has 0 aromatic heterocycles. The number of ether oxygens (including phenoxy) is 1. The van der Waals surface area contributed by atoms with Crippen LogP contribution in [-0.2, 0) is 24.1 Å². The molecule has 0 amide bonds. The van der Waals surface area contributed by atoms with Crippen molar-refractivity contribution in [2.24, 2.45) is 0 Å². The maximum atomic E-state index is 11.8. The summed E-state index contributed by atoms with van der Waals surface area (Å²) in [6.45, 7) is 4.49. The van der Waals surface area contributed by atoms with Crippen molar-refractivity contribution < 1.29 is 41.4 Å². The first kappa shape index (κ1) is 37.1. The molecule has 0 unspecified atom stereocenters. The van der Waals surface area contributed by atoms with Crippen LogP contribution >= 0.6 is 0 Å². The standard InChI is InChI=1S/C25H50NO4.CH4O4S/c1-3-4-5-6-7-8-9-10-11-12-13-14-15-16-17-18-25(29)30-24-21-26(2,19-22-27)20-23-28;1-5-6(2,3)4/h10-11,27-28H,3-9,12-24H2,1-2H3;1H3,(H,2,3,4)/q+1;/p-1/b11-10-;. The van der Waals surface area contributed by atoms with Crippen molar-refractivity contribution in [2.75, 3.05) is 53.6 Å². The average Bonchev–Trinajstić information content (AvgIpc) is 2.82. The number of likely N-dealkylation sites (N-methyl/N-ethyl adjacent to an activating group) is 1.